The van der Waals surface area contributed by atoms with Gasteiger partial charge in [0.2, 0.25) is 0 Å². The predicted molar refractivity (Wildman–Crippen MR) is 202 cm³/mol. The molecule has 0 fully saturated rings. The molecule has 260 valence electrons. The Kier molecular flexibility index (Phi) is 11.1. The molecule has 0 radical (unpaired) electrons. The summed E-state index contributed by atoms with van der Waals surface area (Å²) in [5, 5.41) is 6.36. The highest BCUT2D eigenvalue weighted by Gasteiger charge is 2.32. The minimum Gasteiger partial charge on any atom is -0.444 e. The average molecular weight is 689 g/mol. The quantitative estimate of drug-likeness (QED) is 0.0975. The lowest BCUT2D eigenvalue weighted by Gasteiger charge is -2.30. The van der Waals surface area contributed by atoms with Crippen molar-refractivity contribution in [1.29, 1.82) is 0 Å². The molecule has 48 heavy (non-hydrogen) atoms. The molecule has 2 heterocycles. The monoisotopic (exact) mass is 688 g/mol. The van der Waals surface area contributed by atoms with Gasteiger partial charge < -0.3 is 18.8 Å². The van der Waals surface area contributed by atoms with Crippen molar-refractivity contribution in [2.75, 3.05) is 25.2 Å². The zero-order chi connectivity index (χ0) is 34.7. The van der Waals surface area contributed by atoms with Gasteiger partial charge in [-0.3, -0.25) is 4.90 Å². The Hall–Kier alpha value is -3.19. The van der Waals surface area contributed by atoms with Crippen LogP contribution in [0.2, 0.25) is 51.4 Å². The predicted octanol–water partition coefficient (Wildman–Crippen LogP) is 9.42. The molecule has 10 heteroatoms. The minimum absolute atomic E-state index is 0.210. The number of hydrogen-bond donors (Lipinski definition) is 0. The number of anilines is 1. The van der Waals surface area contributed by atoms with Crippen LogP contribution in [0.3, 0.4) is 0 Å². The van der Waals surface area contributed by atoms with E-state index in [0.29, 0.717) is 20.1 Å². The van der Waals surface area contributed by atoms with Crippen molar-refractivity contribution < 1.29 is 19.0 Å². The molecule has 4 aromatic rings. The summed E-state index contributed by atoms with van der Waals surface area (Å²) in [6, 6.07) is 20.3. The summed E-state index contributed by atoms with van der Waals surface area (Å²) in [5.74, 6) is 0. The average Bonchev–Trinajstić information content (AvgIpc) is 3.55. The second-order valence-corrected chi connectivity index (χ2v) is 27.9. The fourth-order valence-corrected chi connectivity index (χ4v) is 7.60. The van der Waals surface area contributed by atoms with E-state index in [-0.39, 0.29) is 12.0 Å². The van der Waals surface area contributed by atoms with Crippen molar-refractivity contribution >= 4 is 38.8 Å². The molecule has 0 spiro atoms. The number of nitrogens with zero attached hydrogens (tertiary/aromatic N) is 4. The fraction of sp³-hybridized carbons (Fsp3) is 0.526. The van der Waals surface area contributed by atoms with Crippen LogP contribution in [0.4, 0.5) is 10.5 Å². The Morgan fingerprint density at radius 3 is 2.25 bits per heavy atom. The molecular formula is C38H56N4O4Si2. The molecule has 5 rings (SSSR count). The van der Waals surface area contributed by atoms with Crippen LogP contribution in [0.15, 0.2) is 54.6 Å². The van der Waals surface area contributed by atoms with Gasteiger partial charge in [-0.1, -0.05) is 89.5 Å². The third kappa shape index (κ3) is 9.28. The summed E-state index contributed by atoms with van der Waals surface area (Å²) in [4.78, 5) is 14.7. The summed E-state index contributed by atoms with van der Waals surface area (Å²) in [6.07, 6.45) is 2.67. The van der Waals surface area contributed by atoms with Gasteiger partial charge in [0, 0.05) is 58.7 Å². The number of rotatable bonds is 14. The van der Waals surface area contributed by atoms with Gasteiger partial charge in [-0.05, 0) is 60.5 Å². The van der Waals surface area contributed by atoms with Crippen molar-refractivity contribution in [3.63, 3.8) is 0 Å². The highest BCUT2D eigenvalue weighted by atomic mass is 28.3. The number of ether oxygens (including phenoxy) is 3. The van der Waals surface area contributed by atoms with Crippen molar-refractivity contribution in [2.24, 2.45) is 5.41 Å². The van der Waals surface area contributed by atoms with Crippen molar-refractivity contribution in [3.05, 3.63) is 71.4 Å². The highest BCUT2D eigenvalue weighted by Crippen LogP contribution is 2.41. The maximum Gasteiger partial charge on any atom is 0.414 e. The maximum absolute atomic E-state index is 13.1. The van der Waals surface area contributed by atoms with Gasteiger partial charge in [-0.15, -0.1) is 0 Å². The SMILES string of the molecule is CN(C(=O)OCc1ccccc1)c1ccc2cc(-c3nn(COCC[Si](C)(C)C)c4c3CCC(C)(C)C4)n(COCC[Si](C)(C)C)c2c1. The molecule has 0 saturated heterocycles. The Balaban J connectivity index is 1.49. The van der Waals surface area contributed by atoms with Crippen LogP contribution in [-0.4, -0.2) is 56.9 Å². The van der Waals surface area contributed by atoms with E-state index in [1.165, 1.54) is 11.3 Å². The van der Waals surface area contributed by atoms with Gasteiger partial charge in [0.1, 0.15) is 25.8 Å². The molecule has 2 aromatic heterocycles. The van der Waals surface area contributed by atoms with Crippen LogP contribution < -0.4 is 4.90 Å². The smallest absolute Gasteiger partial charge is 0.414 e. The van der Waals surface area contributed by atoms with E-state index in [4.69, 9.17) is 19.3 Å². The fourth-order valence-electron chi connectivity index (χ4n) is 6.08. The Labute approximate surface area is 289 Å². The second-order valence-electron chi connectivity index (χ2n) is 16.6. The molecule has 0 atom stereocenters. The van der Waals surface area contributed by atoms with E-state index < -0.39 is 22.2 Å². The number of hydrogen-bond acceptors (Lipinski definition) is 5. The summed E-state index contributed by atoms with van der Waals surface area (Å²) in [6.45, 7) is 21.6. The molecule has 0 unspecified atom stereocenters. The molecule has 0 saturated carbocycles. The number of carbonyl (C=O) groups is 1. The number of benzene rings is 2. The number of aromatic nitrogens is 3. The molecule has 1 aliphatic rings. The number of carbonyl (C=O) groups excluding carboxylic acids is 1. The third-order valence-electron chi connectivity index (χ3n) is 9.29. The van der Waals surface area contributed by atoms with Crippen molar-refractivity contribution in [3.8, 4) is 11.4 Å². The molecule has 0 bridgehead atoms. The molecule has 0 aliphatic heterocycles. The first-order valence-electron chi connectivity index (χ1n) is 17.4. The lowest BCUT2D eigenvalue weighted by Crippen LogP contribution is -2.26. The van der Waals surface area contributed by atoms with E-state index in [1.807, 2.05) is 36.4 Å². The van der Waals surface area contributed by atoms with Gasteiger partial charge in [0.25, 0.3) is 0 Å². The first-order chi connectivity index (χ1) is 22.6. The Morgan fingerprint density at radius 2 is 1.58 bits per heavy atom. The molecular weight excluding hydrogens is 633 g/mol. The van der Waals surface area contributed by atoms with E-state index in [0.717, 1.165) is 71.5 Å². The van der Waals surface area contributed by atoms with Crippen LogP contribution in [0, 0.1) is 5.41 Å². The largest absolute Gasteiger partial charge is 0.444 e. The summed E-state index contributed by atoms with van der Waals surface area (Å²) >= 11 is 0. The van der Waals surface area contributed by atoms with Crippen LogP contribution in [0.1, 0.15) is 37.1 Å². The van der Waals surface area contributed by atoms with E-state index >= 15 is 0 Å². The third-order valence-corrected chi connectivity index (χ3v) is 12.7. The zero-order valence-corrected chi connectivity index (χ0v) is 32.7. The van der Waals surface area contributed by atoms with E-state index in [9.17, 15) is 4.79 Å². The van der Waals surface area contributed by atoms with Crippen molar-refractivity contribution in [2.45, 2.75) is 105 Å². The van der Waals surface area contributed by atoms with Gasteiger partial charge in [0.15, 0.2) is 0 Å². The zero-order valence-electron chi connectivity index (χ0n) is 30.7. The van der Waals surface area contributed by atoms with Gasteiger partial charge >= 0.3 is 6.09 Å². The Morgan fingerprint density at radius 1 is 0.917 bits per heavy atom. The summed E-state index contributed by atoms with van der Waals surface area (Å²) in [5.41, 5.74) is 7.59. The second kappa shape index (κ2) is 14.7. The van der Waals surface area contributed by atoms with Crippen LogP contribution in [0.25, 0.3) is 22.3 Å². The first-order valence-corrected chi connectivity index (χ1v) is 24.8. The highest BCUT2D eigenvalue weighted by molar-refractivity contribution is 6.76. The van der Waals surface area contributed by atoms with Crippen LogP contribution in [-0.2, 0) is 47.1 Å². The molecule has 8 nitrogen and oxygen atoms in total. The summed E-state index contributed by atoms with van der Waals surface area (Å²) in [7, 11) is -0.689. The van der Waals surface area contributed by atoms with Crippen LogP contribution in [0.5, 0.6) is 0 Å². The molecule has 0 N–H and O–H groups in total. The summed E-state index contributed by atoms with van der Waals surface area (Å²) < 4.78 is 22.7. The Bertz CT molecular complexity index is 1700. The normalized spacial score (nSPS) is 14.7. The molecule has 1 amide bonds. The maximum atomic E-state index is 13.1. The minimum atomic E-state index is -1.26. The van der Waals surface area contributed by atoms with Crippen molar-refractivity contribution in [1.82, 2.24) is 14.3 Å². The van der Waals surface area contributed by atoms with Gasteiger partial charge in [-0.25, -0.2) is 9.48 Å². The van der Waals surface area contributed by atoms with Gasteiger partial charge in [-0.2, -0.15) is 5.10 Å². The number of amides is 1. The van der Waals surface area contributed by atoms with Crippen LogP contribution >= 0.6 is 0 Å². The van der Waals surface area contributed by atoms with E-state index in [1.54, 1.807) is 11.9 Å². The lowest BCUT2D eigenvalue weighted by molar-refractivity contribution is 0.0747. The standard InChI is InChI=1S/C38H56N4O4Si2/c1-38(2)18-17-32-35(25-38)42(28-45-20-22-48(7,8)9)39-36(32)34-23-30-15-16-31(24-33(30)41(34)27-44-19-21-47(4,5)6)40(3)37(43)46-26-29-13-11-10-12-14-29/h10-16,23-24H,17-22,25-28H2,1-9H3. The van der Waals surface area contributed by atoms with E-state index in [2.05, 4.69) is 80.6 Å². The lowest BCUT2D eigenvalue weighted by atomic mass is 9.76. The number of fused-ring (bicyclic) bond motifs is 2. The van der Waals surface area contributed by atoms with Gasteiger partial charge in [0.05, 0.1) is 11.2 Å². The molecule has 2 aromatic carbocycles. The molecule has 1 aliphatic carbocycles. The first kappa shape index (κ1) is 36.1. The topological polar surface area (TPSA) is 70.8 Å².